The maximum atomic E-state index is 12.8. The van der Waals surface area contributed by atoms with Crippen molar-refractivity contribution in [3.05, 3.63) is 95.3 Å². The summed E-state index contributed by atoms with van der Waals surface area (Å²) in [5.41, 5.74) is 6.24. The number of pyridine rings is 2. The van der Waals surface area contributed by atoms with Gasteiger partial charge < -0.3 is 0 Å². The number of nitrogens with zero attached hydrogens (tertiary/aromatic N) is 3. The zero-order chi connectivity index (χ0) is 19.3. The maximum absolute atomic E-state index is 12.8. The molecule has 28 heavy (non-hydrogen) atoms. The van der Waals surface area contributed by atoms with Gasteiger partial charge in [0.05, 0.1) is 23.0 Å². The van der Waals surface area contributed by atoms with Gasteiger partial charge in [-0.3, -0.25) is 9.78 Å². The Morgan fingerprint density at radius 2 is 1.75 bits per heavy atom. The first-order valence-corrected chi connectivity index (χ1v) is 8.98. The van der Waals surface area contributed by atoms with Gasteiger partial charge in [0.2, 0.25) is 0 Å². The molecule has 0 saturated heterocycles. The number of aromatic nitrogens is 2. The molecule has 136 valence electrons. The second-order valence-electron chi connectivity index (χ2n) is 6.06. The van der Waals surface area contributed by atoms with Crippen LogP contribution in [0.2, 0.25) is 5.02 Å². The van der Waals surface area contributed by atoms with Crippen LogP contribution in [0.5, 0.6) is 0 Å². The second-order valence-corrected chi connectivity index (χ2v) is 6.50. The Labute approximate surface area is 166 Å². The molecule has 0 aliphatic carbocycles. The first kappa shape index (κ1) is 17.8. The van der Waals surface area contributed by atoms with Crippen LogP contribution in [0, 0.1) is 0 Å². The van der Waals surface area contributed by atoms with Crippen LogP contribution < -0.4 is 5.43 Å². The van der Waals surface area contributed by atoms with Gasteiger partial charge >= 0.3 is 0 Å². The predicted molar refractivity (Wildman–Crippen MR) is 111 cm³/mol. The van der Waals surface area contributed by atoms with E-state index in [2.05, 4.69) is 20.5 Å². The number of rotatable bonds is 4. The molecule has 0 unspecified atom stereocenters. The molecule has 2 aromatic carbocycles. The second kappa shape index (κ2) is 7.98. The topological polar surface area (TPSA) is 67.2 Å². The molecular weight excluding hydrogens is 372 g/mol. The predicted octanol–water partition coefficient (Wildman–Crippen LogP) is 4.71. The smallest absolute Gasteiger partial charge is 0.267 e. The number of carbonyl (C=O) groups is 1. The minimum atomic E-state index is -0.306. The minimum absolute atomic E-state index is 0.306. The van der Waals surface area contributed by atoms with E-state index in [1.807, 2.05) is 36.4 Å². The fraction of sp³-hybridized carbons (Fsp3) is 0. The van der Waals surface area contributed by atoms with Gasteiger partial charge in [-0.2, -0.15) is 5.10 Å². The van der Waals surface area contributed by atoms with Crippen LogP contribution in [0.4, 0.5) is 0 Å². The molecule has 0 fully saturated rings. The molecule has 6 heteroatoms. The molecule has 0 aliphatic heterocycles. The van der Waals surface area contributed by atoms with Gasteiger partial charge in [-0.25, -0.2) is 10.4 Å². The highest BCUT2D eigenvalue weighted by Gasteiger charge is 2.13. The summed E-state index contributed by atoms with van der Waals surface area (Å²) in [4.78, 5) is 21.4. The molecule has 0 aliphatic rings. The normalized spacial score (nSPS) is 11.0. The van der Waals surface area contributed by atoms with Crippen molar-refractivity contribution in [1.29, 1.82) is 0 Å². The molecule has 1 N–H and O–H groups in total. The SMILES string of the molecule is O=C(N/N=C\c1ccncc1)c1cc(-c2ccc(Cl)cc2)nc2ccccc12. The first-order valence-electron chi connectivity index (χ1n) is 8.60. The highest BCUT2D eigenvalue weighted by Crippen LogP contribution is 2.26. The van der Waals surface area contributed by atoms with Crippen LogP contribution in [-0.2, 0) is 0 Å². The Balaban J connectivity index is 1.69. The van der Waals surface area contributed by atoms with E-state index in [0.717, 1.165) is 22.0 Å². The third-order valence-corrected chi connectivity index (χ3v) is 4.44. The van der Waals surface area contributed by atoms with E-state index in [0.29, 0.717) is 16.3 Å². The number of hydrogen-bond donors (Lipinski definition) is 1. The number of hydrazone groups is 1. The number of carbonyl (C=O) groups excluding carboxylic acids is 1. The van der Waals surface area contributed by atoms with Crippen LogP contribution in [0.15, 0.2) is 84.2 Å². The number of nitrogens with one attached hydrogen (secondary N) is 1. The number of hydrogen-bond acceptors (Lipinski definition) is 4. The molecule has 2 heterocycles. The average Bonchev–Trinajstić information content (AvgIpc) is 2.74. The van der Waals surface area contributed by atoms with Gasteiger partial charge in [-0.05, 0) is 42.0 Å². The summed E-state index contributed by atoms with van der Waals surface area (Å²) in [6.07, 6.45) is 4.90. The van der Waals surface area contributed by atoms with Gasteiger partial charge in [0.15, 0.2) is 0 Å². The van der Waals surface area contributed by atoms with Crippen LogP contribution in [0.25, 0.3) is 22.2 Å². The molecule has 0 radical (unpaired) electrons. The van der Waals surface area contributed by atoms with Gasteiger partial charge in [0.1, 0.15) is 0 Å². The van der Waals surface area contributed by atoms with E-state index >= 15 is 0 Å². The molecule has 4 rings (SSSR count). The zero-order valence-corrected chi connectivity index (χ0v) is 15.5. The third-order valence-electron chi connectivity index (χ3n) is 4.19. The summed E-state index contributed by atoms with van der Waals surface area (Å²) in [7, 11) is 0. The molecule has 0 saturated carbocycles. The first-order chi connectivity index (χ1) is 13.7. The van der Waals surface area contributed by atoms with Crippen molar-refractivity contribution in [3.8, 4) is 11.3 Å². The Bertz CT molecular complexity index is 1160. The zero-order valence-electron chi connectivity index (χ0n) is 14.7. The van der Waals surface area contributed by atoms with E-state index in [1.54, 1.807) is 48.9 Å². The maximum Gasteiger partial charge on any atom is 0.272 e. The van der Waals surface area contributed by atoms with Crippen molar-refractivity contribution in [1.82, 2.24) is 15.4 Å². The summed E-state index contributed by atoms with van der Waals surface area (Å²) in [6.45, 7) is 0. The van der Waals surface area contributed by atoms with Gasteiger partial charge in [0, 0.05) is 28.4 Å². The lowest BCUT2D eigenvalue weighted by Crippen LogP contribution is -2.18. The van der Waals surface area contributed by atoms with Gasteiger partial charge in [-0.1, -0.05) is 41.9 Å². The molecule has 1 amide bonds. The number of fused-ring (bicyclic) bond motifs is 1. The molecular formula is C22H15ClN4O. The highest BCUT2D eigenvalue weighted by molar-refractivity contribution is 6.30. The molecule has 0 bridgehead atoms. The lowest BCUT2D eigenvalue weighted by molar-refractivity contribution is 0.0957. The van der Waals surface area contributed by atoms with E-state index in [4.69, 9.17) is 11.6 Å². The summed E-state index contributed by atoms with van der Waals surface area (Å²) in [5, 5.41) is 5.46. The highest BCUT2D eigenvalue weighted by atomic mass is 35.5. The lowest BCUT2D eigenvalue weighted by atomic mass is 10.0. The summed E-state index contributed by atoms with van der Waals surface area (Å²) in [5.74, 6) is -0.306. The summed E-state index contributed by atoms with van der Waals surface area (Å²) in [6, 6.07) is 20.2. The minimum Gasteiger partial charge on any atom is -0.267 e. The van der Waals surface area contributed by atoms with Gasteiger partial charge in [-0.15, -0.1) is 0 Å². The molecule has 2 aromatic heterocycles. The van der Waals surface area contributed by atoms with Gasteiger partial charge in [0.25, 0.3) is 5.91 Å². The van der Waals surface area contributed by atoms with E-state index in [1.165, 1.54) is 0 Å². The van der Waals surface area contributed by atoms with Crippen LogP contribution in [0.1, 0.15) is 15.9 Å². The third kappa shape index (κ3) is 3.89. The van der Waals surface area contributed by atoms with Crippen molar-refractivity contribution in [2.75, 3.05) is 0 Å². The largest absolute Gasteiger partial charge is 0.272 e. The number of para-hydroxylation sites is 1. The van der Waals surface area contributed by atoms with Crippen molar-refractivity contribution in [3.63, 3.8) is 0 Å². The number of halogens is 1. The van der Waals surface area contributed by atoms with Crippen molar-refractivity contribution in [2.45, 2.75) is 0 Å². The Morgan fingerprint density at radius 1 is 1.00 bits per heavy atom. The van der Waals surface area contributed by atoms with Crippen LogP contribution >= 0.6 is 11.6 Å². The van der Waals surface area contributed by atoms with Crippen LogP contribution in [-0.4, -0.2) is 22.1 Å². The molecule has 5 nitrogen and oxygen atoms in total. The number of amides is 1. The summed E-state index contributed by atoms with van der Waals surface area (Å²) < 4.78 is 0. The van der Waals surface area contributed by atoms with Crippen molar-refractivity contribution >= 4 is 34.6 Å². The molecule has 0 atom stereocenters. The van der Waals surface area contributed by atoms with E-state index in [-0.39, 0.29) is 5.91 Å². The van der Waals surface area contributed by atoms with E-state index in [9.17, 15) is 4.79 Å². The van der Waals surface area contributed by atoms with Crippen molar-refractivity contribution in [2.24, 2.45) is 5.10 Å². The fourth-order valence-electron chi connectivity index (χ4n) is 2.81. The molecule has 0 spiro atoms. The number of benzene rings is 2. The summed E-state index contributed by atoms with van der Waals surface area (Å²) >= 11 is 5.98. The Morgan fingerprint density at radius 3 is 2.54 bits per heavy atom. The Kier molecular flexibility index (Phi) is 5.08. The Hall–Kier alpha value is -3.57. The van der Waals surface area contributed by atoms with Crippen LogP contribution in [0.3, 0.4) is 0 Å². The molecule has 4 aromatic rings. The quantitative estimate of drug-likeness (QED) is 0.408. The van der Waals surface area contributed by atoms with E-state index < -0.39 is 0 Å². The fourth-order valence-corrected chi connectivity index (χ4v) is 2.93. The average molecular weight is 387 g/mol. The van der Waals surface area contributed by atoms with Crippen molar-refractivity contribution < 1.29 is 4.79 Å². The standard InChI is InChI=1S/C22H15ClN4O/c23-17-7-5-16(6-8-17)21-13-19(18-3-1-2-4-20(18)26-21)22(28)27-25-14-15-9-11-24-12-10-15/h1-14H,(H,27,28)/b25-14-. The lowest BCUT2D eigenvalue weighted by Gasteiger charge is -2.09. The monoisotopic (exact) mass is 386 g/mol.